The lowest BCUT2D eigenvalue weighted by Gasteiger charge is -2.11. The highest BCUT2D eigenvalue weighted by atomic mass is 32.2. The van der Waals surface area contributed by atoms with Crippen molar-refractivity contribution in [3.05, 3.63) is 84.9 Å². The minimum atomic E-state index is -0.269. The van der Waals surface area contributed by atoms with Crippen molar-refractivity contribution in [3.8, 4) is 0 Å². The van der Waals surface area contributed by atoms with Crippen LogP contribution in [0.5, 0.6) is 0 Å². The van der Waals surface area contributed by atoms with Gasteiger partial charge in [0.05, 0.1) is 5.75 Å². The highest BCUT2D eigenvalue weighted by Crippen LogP contribution is 2.25. The number of benzene rings is 4. The Morgan fingerprint density at radius 2 is 1.29 bits per heavy atom. The van der Waals surface area contributed by atoms with Crippen molar-refractivity contribution in [2.45, 2.75) is 11.7 Å². The molecule has 0 bridgehead atoms. The van der Waals surface area contributed by atoms with Crippen molar-refractivity contribution in [2.24, 2.45) is 0 Å². The second-order valence-corrected chi connectivity index (χ2v) is 8.81. The first-order valence-electron chi connectivity index (χ1n) is 11.0. The fourth-order valence-electron chi connectivity index (χ4n) is 3.87. The fourth-order valence-corrected chi connectivity index (χ4v) is 4.62. The van der Waals surface area contributed by atoms with Crippen LogP contribution in [0, 0.1) is 0 Å². The van der Waals surface area contributed by atoms with Crippen LogP contribution in [-0.4, -0.2) is 32.3 Å². The standard InChI is InChI=1S/C26H22N6O2S/c27-25-30-31-26(35-16-24(34)29-22-14-6-10-18-8-2-4-12-20(18)22)32(25)15-23(33)28-21-13-5-9-17-7-1-3-11-19(17)21/h1-14H,15-16H2,(H2,27,30)(H,28,33)(H,29,34). The lowest BCUT2D eigenvalue weighted by Crippen LogP contribution is -2.21. The summed E-state index contributed by atoms with van der Waals surface area (Å²) in [5.41, 5.74) is 7.41. The Morgan fingerprint density at radius 3 is 1.91 bits per heavy atom. The third-order valence-corrected chi connectivity index (χ3v) is 6.47. The van der Waals surface area contributed by atoms with Crippen LogP contribution in [0.2, 0.25) is 0 Å². The molecular weight excluding hydrogens is 460 g/mol. The minimum absolute atomic E-state index is 0.0741. The number of carbonyl (C=O) groups is 2. The van der Waals surface area contributed by atoms with Crippen molar-refractivity contribution >= 4 is 62.4 Å². The van der Waals surface area contributed by atoms with Gasteiger partial charge in [0.2, 0.25) is 17.8 Å². The van der Waals surface area contributed by atoms with Crippen LogP contribution in [0.15, 0.2) is 90.1 Å². The zero-order valence-electron chi connectivity index (χ0n) is 18.6. The highest BCUT2D eigenvalue weighted by molar-refractivity contribution is 7.99. The van der Waals surface area contributed by atoms with Crippen LogP contribution in [0.3, 0.4) is 0 Å². The van der Waals surface area contributed by atoms with Crippen molar-refractivity contribution in [3.63, 3.8) is 0 Å². The molecule has 35 heavy (non-hydrogen) atoms. The summed E-state index contributed by atoms with van der Waals surface area (Å²) >= 11 is 1.17. The van der Waals surface area contributed by atoms with E-state index in [2.05, 4.69) is 20.8 Å². The van der Waals surface area contributed by atoms with Crippen LogP contribution in [0.1, 0.15) is 0 Å². The van der Waals surface area contributed by atoms with Gasteiger partial charge >= 0.3 is 0 Å². The van der Waals surface area contributed by atoms with E-state index in [-0.39, 0.29) is 30.1 Å². The third-order valence-electron chi connectivity index (χ3n) is 5.51. The Bertz CT molecular complexity index is 1540. The monoisotopic (exact) mass is 482 g/mol. The molecule has 1 aromatic heterocycles. The molecule has 0 saturated carbocycles. The Hall–Kier alpha value is -4.37. The van der Waals surface area contributed by atoms with Gasteiger partial charge in [0.15, 0.2) is 5.16 Å². The maximum absolute atomic E-state index is 12.8. The summed E-state index contributed by atoms with van der Waals surface area (Å²) in [6.07, 6.45) is 0. The van der Waals surface area contributed by atoms with Crippen molar-refractivity contribution < 1.29 is 9.59 Å². The molecule has 0 atom stereocenters. The molecule has 174 valence electrons. The summed E-state index contributed by atoms with van der Waals surface area (Å²) in [4.78, 5) is 25.4. The number of carbonyl (C=O) groups excluding carboxylic acids is 2. The Balaban J connectivity index is 1.24. The number of nitrogens with zero attached hydrogens (tertiary/aromatic N) is 3. The predicted molar refractivity (Wildman–Crippen MR) is 140 cm³/mol. The first-order chi connectivity index (χ1) is 17.1. The molecule has 2 amide bonds. The Labute approximate surface area is 205 Å². The van der Waals surface area contributed by atoms with E-state index >= 15 is 0 Å². The lowest BCUT2D eigenvalue weighted by molar-refractivity contribution is -0.117. The molecule has 0 aliphatic carbocycles. The van der Waals surface area contributed by atoms with E-state index in [0.29, 0.717) is 10.8 Å². The smallest absolute Gasteiger partial charge is 0.244 e. The molecule has 9 heteroatoms. The summed E-state index contributed by atoms with van der Waals surface area (Å²) in [5.74, 6) is -0.267. The maximum atomic E-state index is 12.8. The van der Waals surface area contributed by atoms with Gasteiger partial charge in [0.1, 0.15) is 6.54 Å². The summed E-state index contributed by atoms with van der Waals surface area (Å²) in [6.45, 7) is -0.0741. The molecule has 5 aromatic rings. The van der Waals surface area contributed by atoms with Crippen LogP contribution < -0.4 is 16.4 Å². The van der Waals surface area contributed by atoms with Gasteiger partial charge < -0.3 is 16.4 Å². The van der Waals surface area contributed by atoms with Gasteiger partial charge in [-0.1, -0.05) is 84.6 Å². The van der Waals surface area contributed by atoms with Crippen molar-refractivity contribution in [2.75, 3.05) is 22.1 Å². The zero-order chi connectivity index (χ0) is 24.2. The number of nitrogens with two attached hydrogens (primary N) is 1. The van der Waals surface area contributed by atoms with E-state index in [1.807, 2.05) is 84.9 Å². The number of thioether (sulfide) groups is 1. The SMILES string of the molecule is Nc1nnc(SCC(=O)Nc2cccc3ccccc23)n1CC(=O)Nc1cccc2ccccc12. The van der Waals surface area contributed by atoms with Crippen molar-refractivity contribution in [1.29, 1.82) is 0 Å². The zero-order valence-corrected chi connectivity index (χ0v) is 19.5. The average molecular weight is 483 g/mol. The molecule has 8 nitrogen and oxygen atoms in total. The second kappa shape index (κ2) is 9.86. The largest absolute Gasteiger partial charge is 0.368 e. The summed E-state index contributed by atoms with van der Waals surface area (Å²) in [7, 11) is 0. The number of nitrogens with one attached hydrogen (secondary N) is 2. The van der Waals surface area contributed by atoms with Gasteiger partial charge in [0, 0.05) is 22.1 Å². The fraction of sp³-hybridized carbons (Fsp3) is 0.0769. The highest BCUT2D eigenvalue weighted by Gasteiger charge is 2.16. The Morgan fingerprint density at radius 1 is 0.743 bits per heavy atom. The quantitative estimate of drug-likeness (QED) is 0.294. The molecule has 0 fully saturated rings. The van der Waals surface area contributed by atoms with Crippen LogP contribution >= 0.6 is 11.8 Å². The van der Waals surface area contributed by atoms with Gasteiger partial charge in [-0.3, -0.25) is 14.2 Å². The molecule has 4 aromatic carbocycles. The van der Waals surface area contributed by atoms with Crippen LogP contribution in [-0.2, 0) is 16.1 Å². The number of hydrogen-bond donors (Lipinski definition) is 3. The number of anilines is 3. The average Bonchev–Trinajstić information content (AvgIpc) is 3.22. The normalized spacial score (nSPS) is 11.0. The molecule has 5 rings (SSSR count). The van der Waals surface area contributed by atoms with Gasteiger partial charge in [-0.05, 0) is 22.9 Å². The maximum Gasteiger partial charge on any atom is 0.244 e. The van der Waals surface area contributed by atoms with E-state index in [9.17, 15) is 9.59 Å². The summed E-state index contributed by atoms with van der Waals surface area (Å²) in [5, 5.41) is 18.2. The molecular formula is C26H22N6O2S. The van der Waals surface area contributed by atoms with E-state index in [1.54, 1.807) is 0 Å². The van der Waals surface area contributed by atoms with Gasteiger partial charge in [0.25, 0.3) is 0 Å². The first kappa shape index (κ1) is 22.4. The molecule has 0 saturated heterocycles. The topological polar surface area (TPSA) is 115 Å². The van der Waals surface area contributed by atoms with E-state index < -0.39 is 0 Å². The molecule has 0 aliphatic rings. The molecule has 4 N–H and O–H groups in total. The summed E-state index contributed by atoms with van der Waals surface area (Å²) in [6, 6.07) is 27.1. The molecule has 1 heterocycles. The first-order valence-corrected chi connectivity index (χ1v) is 11.9. The lowest BCUT2D eigenvalue weighted by atomic mass is 10.1. The van der Waals surface area contributed by atoms with Gasteiger partial charge in [-0.2, -0.15) is 0 Å². The predicted octanol–water partition coefficient (Wildman–Crippen LogP) is 4.54. The number of aromatic nitrogens is 3. The number of rotatable bonds is 7. The second-order valence-electron chi connectivity index (χ2n) is 7.87. The molecule has 0 unspecified atom stereocenters. The van der Waals surface area contributed by atoms with Gasteiger partial charge in [-0.15, -0.1) is 10.2 Å². The molecule has 0 spiro atoms. The number of fused-ring (bicyclic) bond motifs is 2. The number of amides is 2. The minimum Gasteiger partial charge on any atom is -0.368 e. The van der Waals surface area contributed by atoms with E-state index in [1.165, 1.54) is 16.3 Å². The number of nitrogen functional groups attached to an aromatic ring is 1. The number of hydrogen-bond acceptors (Lipinski definition) is 6. The summed E-state index contributed by atoms with van der Waals surface area (Å²) < 4.78 is 1.50. The third kappa shape index (κ3) is 4.95. The van der Waals surface area contributed by atoms with Crippen molar-refractivity contribution in [1.82, 2.24) is 14.8 Å². The molecule has 0 aliphatic heterocycles. The molecule has 0 radical (unpaired) electrons. The Kier molecular flexibility index (Phi) is 6.32. The van der Waals surface area contributed by atoms with E-state index in [0.717, 1.165) is 27.2 Å². The van der Waals surface area contributed by atoms with Crippen LogP contribution in [0.4, 0.5) is 17.3 Å². The van der Waals surface area contributed by atoms with E-state index in [4.69, 9.17) is 5.73 Å². The van der Waals surface area contributed by atoms with Crippen LogP contribution in [0.25, 0.3) is 21.5 Å². The van der Waals surface area contributed by atoms with Gasteiger partial charge in [-0.25, -0.2) is 0 Å².